The maximum Gasteiger partial charge on any atom is 0.254 e. The van der Waals surface area contributed by atoms with Gasteiger partial charge >= 0.3 is 0 Å². The van der Waals surface area contributed by atoms with Crippen LogP contribution in [0.5, 0.6) is 0 Å². The van der Waals surface area contributed by atoms with Crippen LogP contribution in [0.15, 0.2) is 36.7 Å². The Morgan fingerprint density at radius 3 is 2.89 bits per heavy atom. The van der Waals surface area contributed by atoms with Gasteiger partial charge in [-0.25, -0.2) is 8.78 Å². The summed E-state index contributed by atoms with van der Waals surface area (Å²) in [5.74, 6) is -2.15. The van der Waals surface area contributed by atoms with Crippen LogP contribution in [0, 0.1) is 11.6 Å². The molecule has 0 radical (unpaired) electrons. The summed E-state index contributed by atoms with van der Waals surface area (Å²) in [6, 6.07) is 4.61. The first kappa shape index (κ1) is 12.2. The number of benzene rings is 1. The molecule has 2 rings (SSSR count). The molecule has 0 atom stereocenters. The molecule has 18 heavy (non-hydrogen) atoms. The van der Waals surface area contributed by atoms with Crippen molar-refractivity contribution in [2.45, 2.75) is 6.54 Å². The van der Waals surface area contributed by atoms with Gasteiger partial charge in [0.2, 0.25) is 0 Å². The number of carbonyl (C=O) groups excluding carboxylic acids is 1. The van der Waals surface area contributed by atoms with E-state index in [2.05, 4.69) is 10.4 Å². The molecule has 1 N–H and O–H groups in total. The zero-order chi connectivity index (χ0) is 13.0. The van der Waals surface area contributed by atoms with Gasteiger partial charge in [0.25, 0.3) is 5.91 Å². The summed E-state index contributed by atoms with van der Waals surface area (Å²) in [5, 5.41) is 6.49. The van der Waals surface area contributed by atoms with Crippen molar-refractivity contribution < 1.29 is 13.6 Å². The summed E-state index contributed by atoms with van der Waals surface area (Å²) < 4.78 is 27.6. The minimum atomic E-state index is -0.869. The lowest BCUT2D eigenvalue weighted by molar-refractivity contribution is 0.0948. The summed E-state index contributed by atoms with van der Waals surface area (Å²) in [5.41, 5.74) is -0.170. The first-order valence-corrected chi connectivity index (χ1v) is 5.37. The van der Waals surface area contributed by atoms with E-state index in [1.54, 1.807) is 23.1 Å². The van der Waals surface area contributed by atoms with E-state index in [9.17, 15) is 13.6 Å². The summed E-state index contributed by atoms with van der Waals surface area (Å²) in [6.07, 6.45) is 3.38. The Morgan fingerprint density at radius 2 is 2.22 bits per heavy atom. The van der Waals surface area contributed by atoms with E-state index < -0.39 is 17.5 Å². The van der Waals surface area contributed by atoms with Crippen LogP contribution in [0.3, 0.4) is 0 Å². The molecule has 0 saturated carbocycles. The maximum atomic E-state index is 13.3. The van der Waals surface area contributed by atoms with Gasteiger partial charge in [-0.2, -0.15) is 5.10 Å². The second kappa shape index (κ2) is 5.39. The van der Waals surface area contributed by atoms with Crippen molar-refractivity contribution in [3.63, 3.8) is 0 Å². The fourth-order valence-corrected chi connectivity index (χ4v) is 1.49. The number of rotatable bonds is 4. The van der Waals surface area contributed by atoms with E-state index in [0.29, 0.717) is 19.2 Å². The number of nitrogens with zero attached hydrogens (tertiary/aromatic N) is 2. The lowest BCUT2D eigenvalue weighted by Crippen LogP contribution is -2.28. The first-order valence-electron chi connectivity index (χ1n) is 5.37. The van der Waals surface area contributed by atoms with Crippen LogP contribution in [-0.2, 0) is 6.54 Å². The monoisotopic (exact) mass is 251 g/mol. The van der Waals surface area contributed by atoms with Gasteiger partial charge < -0.3 is 5.32 Å². The van der Waals surface area contributed by atoms with Crippen LogP contribution >= 0.6 is 0 Å². The molecule has 1 heterocycles. The Hall–Kier alpha value is -2.24. The maximum absolute atomic E-state index is 13.3. The lowest BCUT2D eigenvalue weighted by atomic mass is 10.2. The summed E-state index contributed by atoms with van der Waals surface area (Å²) in [4.78, 5) is 11.6. The Bertz CT molecular complexity index is 540. The predicted molar refractivity (Wildman–Crippen MR) is 60.9 cm³/mol. The molecule has 1 amide bonds. The number of hydrogen-bond donors (Lipinski definition) is 1. The van der Waals surface area contributed by atoms with Crippen LogP contribution in [0.4, 0.5) is 8.78 Å². The van der Waals surface area contributed by atoms with Gasteiger partial charge in [-0.3, -0.25) is 9.48 Å². The summed E-state index contributed by atoms with van der Waals surface area (Å²) in [7, 11) is 0. The van der Waals surface area contributed by atoms with Crippen LogP contribution < -0.4 is 5.32 Å². The van der Waals surface area contributed by atoms with E-state index in [-0.39, 0.29) is 5.56 Å². The molecule has 0 spiro atoms. The number of aromatic nitrogens is 2. The number of nitrogens with one attached hydrogen (secondary N) is 1. The largest absolute Gasteiger partial charge is 0.350 e. The summed E-state index contributed by atoms with van der Waals surface area (Å²) >= 11 is 0. The quantitative estimate of drug-likeness (QED) is 0.897. The van der Waals surface area contributed by atoms with Crippen LogP contribution in [0.25, 0.3) is 0 Å². The third-order valence-electron chi connectivity index (χ3n) is 2.36. The minimum absolute atomic E-state index is 0.170. The molecule has 0 aliphatic heterocycles. The van der Waals surface area contributed by atoms with Gasteiger partial charge in [0, 0.05) is 25.0 Å². The van der Waals surface area contributed by atoms with E-state index >= 15 is 0 Å². The molecule has 0 aliphatic carbocycles. The Morgan fingerprint density at radius 1 is 1.39 bits per heavy atom. The number of amides is 1. The van der Waals surface area contributed by atoms with Gasteiger partial charge in [-0.15, -0.1) is 0 Å². The molecular weight excluding hydrogens is 240 g/mol. The smallest absolute Gasteiger partial charge is 0.254 e. The molecule has 1 aromatic heterocycles. The first-order chi connectivity index (χ1) is 8.66. The van der Waals surface area contributed by atoms with E-state index in [4.69, 9.17) is 0 Å². The zero-order valence-corrected chi connectivity index (χ0v) is 9.44. The van der Waals surface area contributed by atoms with Crippen LogP contribution in [0.1, 0.15) is 10.4 Å². The standard InChI is InChI=1S/C12H11F2N3O/c13-9-2-3-10(11(14)8-9)12(18)15-5-7-17-6-1-4-16-17/h1-4,6,8H,5,7H2,(H,15,18). The number of hydrogen-bond acceptors (Lipinski definition) is 2. The van der Waals surface area contributed by atoms with Crippen LogP contribution in [-0.4, -0.2) is 22.2 Å². The second-order valence-electron chi connectivity index (χ2n) is 3.65. The average Bonchev–Trinajstić information content (AvgIpc) is 2.81. The molecule has 0 aliphatic rings. The molecule has 94 valence electrons. The molecule has 6 heteroatoms. The molecule has 0 saturated heterocycles. The minimum Gasteiger partial charge on any atom is -0.350 e. The molecule has 0 unspecified atom stereocenters. The molecular formula is C12H11F2N3O. The van der Waals surface area contributed by atoms with E-state index in [0.717, 1.165) is 12.1 Å². The highest BCUT2D eigenvalue weighted by Gasteiger charge is 2.11. The van der Waals surface area contributed by atoms with Crippen molar-refractivity contribution in [1.29, 1.82) is 0 Å². The normalized spacial score (nSPS) is 10.3. The fourth-order valence-electron chi connectivity index (χ4n) is 1.49. The van der Waals surface area contributed by atoms with Gasteiger partial charge in [0.05, 0.1) is 12.1 Å². The Balaban J connectivity index is 1.91. The van der Waals surface area contributed by atoms with Crippen molar-refractivity contribution >= 4 is 5.91 Å². The predicted octanol–water partition coefficient (Wildman–Crippen LogP) is 1.59. The molecule has 0 bridgehead atoms. The fraction of sp³-hybridized carbons (Fsp3) is 0.167. The average molecular weight is 251 g/mol. The molecule has 4 nitrogen and oxygen atoms in total. The van der Waals surface area contributed by atoms with Crippen molar-refractivity contribution in [2.75, 3.05) is 6.54 Å². The molecule has 2 aromatic rings. The number of halogens is 2. The van der Waals surface area contributed by atoms with E-state index in [1.165, 1.54) is 0 Å². The second-order valence-corrected chi connectivity index (χ2v) is 3.65. The molecule has 1 aromatic carbocycles. The SMILES string of the molecule is O=C(NCCn1cccn1)c1ccc(F)cc1F. The Kier molecular flexibility index (Phi) is 3.66. The third kappa shape index (κ3) is 2.91. The van der Waals surface area contributed by atoms with Gasteiger partial charge in [-0.1, -0.05) is 0 Å². The van der Waals surface area contributed by atoms with Gasteiger partial charge in [0.15, 0.2) is 0 Å². The number of carbonyl (C=O) groups is 1. The van der Waals surface area contributed by atoms with Crippen molar-refractivity contribution in [3.05, 3.63) is 53.9 Å². The van der Waals surface area contributed by atoms with Crippen LogP contribution in [0.2, 0.25) is 0 Å². The molecule has 0 fully saturated rings. The highest BCUT2D eigenvalue weighted by Crippen LogP contribution is 2.09. The van der Waals surface area contributed by atoms with Gasteiger partial charge in [-0.05, 0) is 18.2 Å². The summed E-state index contributed by atoms with van der Waals surface area (Å²) in [6.45, 7) is 0.804. The van der Waals surface area contributed by atoms with Crippen molar-refractivity contribution in [3.8, 4) is 0 Å². The van der Waals surface area contributed by atoms with E-state index in [1.807, 2.05) is 0 Å². The zero-order valence-electron chi connectivity index (χ0n) is 9.44. The Labute approximate surface area is 102 Å². The van der Waals surface area contributed by atoms with Gasteiger partial charge in [0.1, 0.15) is 11.6 Å². The highest BCUT2D eigenvalue weighted by molar-refractivity contribution is 5.94. The highest BCUT2D eigenvalue weighted by atomic mass is 19.1. The third-order valence-corrected chi connectivity index (χ3v) is 2.36. The topological polar surface area (TPSA) is 46.9 Å². The van der Waals surface area contributed by atoms with Crippen molar-refractivity contribution in [2.24, 2.45) is 0 Å². The van der Waals surface area contributed by atoms with Crippen molar-refractivity contribution in [1.82, 2.24) is 15.1 Å². The lowest BCUT2D eigenvalue weighted by Gasteiger charge is -2.06.